The summed E-state index contributed by atoms with van der Waals surface area (Å²) in [6, 6.07) is 0. The van der Waals surface area contributed by atoms with Gasteiger partial charge >= 0.3 is 0 Å². The third-order valence-electron chi connectivity index (χ3n) is 2.04. The second kappa shape index (κ2) is 8.17. The maximum absolute atomic E-state index is 8.77. The average Bonchev–Trinajstić information content (AvgIpc) is 2.12. The summed E-state index contributed by atoms with van der Waals surface area (Å²) in [7, 11) is 6.00. The van der Waals surface area contributed by atoms with E-state index in [0.29, 0.717) is 6.54 Å². The zero-order valence-electron chi connectivity index (χ0n) is 9.86. The molecule has 0 aromatic carbocycles. The van der Waals surface area contributed by atoms with Crippen molar-refractivity contribution < 1.29 is 9.84 Å². The van der Waals surface area contributed by atoms with Gasteiger partial charge in [0.25, 0.3) is 0 Å². The first-order valence-corrected chi connectivity index (χ1v) is 5.19. The lowest BCUT2D eigenvalue weighted by Crippen LogP contribution is -2.41. The number of aliphatic hydroxyl groups is 1. The van der Waals surface area contributed by atoms with Crippen LogP contribution in [0.15, 0.2) is 0 Å². The molecular formula is C10H24N2O2. The Morgan fingerprint density at radius 1 is 1.29 bits per heavy atom. The number of hydrogen-bond acceptors (Lipinski definition) is 4. The summed E-state index contributed by atoms with van der Waals surface area (Å²) in [5.41, 5.74) is 0. The topological polar surface area (TPSA) is 35.9 Å². The number of ether oxygens (including phenoxy) is 1. The van der Waals surface area contributed by atoms with E-state index in [-0.39, 0.29) is 12.8 Å². The third-order valence-corrected chi connectivity index (χ3v) is 2.04. The summed E-state index contributed by atoms with van der Waals surface area (Å²) in [5.74, 6) is 0. The fourth-order valence-corrected chi connectivity index (χ4v) is 1.15. The summed E-state index contributed by atoms with van der Waals surface area (Å²) in [5, 5.41) is 8.77. The molecule has 1 atom stereocenters. The molecule has 0 amide bonds. The van der Waals surface area contributed by atoms with Gasteiger partial charge in [0.15, 0.2) is 0 Å². The van der Waals surface area contributed by atoms with Crippen molar-refractivity contribution in [2.45, 2.75) is 19.6 Å². The van der Waals surface area contributed by atoms with E-state index in [9.17, 15) is 0 Å². The SMILES string of the molecule is CCCOC(CN(C)CCO)N(C)C. The van der Waals surface area contributed by atoms with Crippen molar-refractivity contribution in [2.75, 3.05) is 47.4 Å². The van der Waals surface area contributed by atoms with Crippen molar-refractivity contribution in [3.63, 3.8) is 0 Å². The molecule has 0 bridgehead atoms. The maximum atomic E-state index is 8.77. The summed E-state index contributed by atoms with van der Waals surface area (Å²) < 4.78 is 5.67. The van der Waals surface area contributed by atoms with Crippen LogP contribution in [0.25, 0.3) is 0 Å². The first kappa shape index (κ1) is 13.8. The van der Waals surface area contributed by atoms with Crippen molar-refractivity contribution in [2.24, 2.45) is 0 Å². The van der Waals surface area contributed by atoms with Gasteiger partial charge in [-0.2, -0.15) is 0 Å². The molecule has 0 spiro atoms. The van der Waals surface area contributed by atoms with Crippen LogP contribution in [0.3, 0.4) is 0 Å². The monoisotopic (exact) mass is 204 g/mol. The van der Waals surface area contributed by atoms with Gasteiger partial charge in [-0.15, -0.1) is 0 Å². The average molecular weight is 204 g/mol. The van der Waals surface area contributed by atoms with E-state index >= 15 is 0 Å². The van der Waals surface area contributed by atoms with E-state index in [1.807, 2.05) is 21.1 Å². The Hall–Kier alpha value is -0.160. The lowest BCUT2D eigenvalue weighted by Gasteiger charge is -2.28. The van der Waals surface area contributed by atoms with Crippen molar-refractivity contribution in [1.82, 2.24) is 9.80 Å². The van der Waals surface area contributed by atoms with Crippen LogP contribution in [-0.2, 0) is 4.74 Å². The zero-order chi connectivity index (χ0) is 11.0. The molecule has 0 aromatic heterocycles. The quantitative estimate of drug-likeness (QED) is 0.574. The van der Waals surface area contributed by atoms with Crippen LogP contribution < -0.4 is 0 Å². The zero-order valence-corrected chi connectivity index (χ0v) is 9.86. The third kappa shape index (κ3) is 6.32. The van der Waals surface area contributed by atoms with Crippen molar-refractivity contribution in [1.29, 1.82) is 0 Å². The molecule has 0 saturated heterocycles. The van der Waals surface area contributed by atoms with Crippen LogP contribution in [-0.4, -0.2) is 68.6 Å². The van der Waals surface area contributed by atoms with E-state index in [1.54, 1.807) is 0 Å². The van der Waals surface area contributed by atoms with Gasteiger partial charge in [-0.3, -0.25) is 4.90 Å². The van der Waals surface area contributed by atoms with E-state index in [4.69, 9.17) is 9.84 Å². The van der Waals surface area contributed by atoms with Crippen LogP contribution in [0.4, 0.5) is 0 Å². The van der Waals surface area contributed by atoms with Gasteiger partial charge in [-0.1, -0.05) is 6.92 Å². The van der Waals surface area contributed by atoms with Crippen LogP contribution in [0.2, 0.25) is 0 Å². The highest BCUT2D eigenvalue weighted by Crippen LogP contribution is 1.99. The van der Waals surface area contributed by atoms with Gasteiger partial charge in [-0.05, 0) is 27.6 Å². The van der Waals surface area contributed by atoms with Gasteiger partial charge < -0.3 is 14.7 Å². The Labute approximate surface area is 87.5 Å². The van der Waals surface area contributed by atoms with E-state index in [2.05, 4.69) is 16.7 Å². The van der Waals surface area contributed by atoms with Crippen LogP contribution in [0.5, 0.6) is 0 Å². The molecule has 1 unspecified atom stereocenters. The Balaban J connectivity index is 3.82. The first-order valence-electron chi connectivity index (χ1n) is 5.19. The smallest absolute Gasteiger partial charge is 0.122 e. The van der Waals surface area contributed by atoms with Gasteiger partial charge in [0.05, 0.1) is 6.61 Å². The molecule has 1 N–H and O–H groups in total. The minimum absolute atomic E-state index is 0.117. The highest BCUT2D eigenvalue weighted by atomic mass is 16.5. The van der Waals surface area contributed by atoms with E-state index in [1.165, 1.54) is 0 Å². The molecular weight excluding hydrogens is 180 g/mol. The second-order valence-corrected chi connectivity index (χ2v) is 3.77. The molecule has 14 heavy (non-hydrogen) atoms. The highest BCUT2D eigenvalue weighted by Gasteiger charge is 2.13. The minimum atomic E-state index is 0.117. The predicted octanol–water partition coefficient (Wildman–Crippen LogP) is 0.225. The lowest BCUT2D eigenvalue weighted by atomic mass is 10.4. The van der Waals surface area contributed by atoms with Gasteiger partial charge in [-0.25, -0.2) is 0 Å². The highest BCUT2D eigenvalue weighted by molar-refractivity contribution is 4.60. The molecule has 0 aliphatic rings. The van der Waals surface area contributed by atoms with Gasteiger partial charge in [0.2, 0.25) is 0 Å². The van der Waals surface area contributed by atoms with Gasteiger partial charge in [0.1, 0.15) is 6.23 Å². The van der Waals surface area contributed by atoms with Crippen molar-refractivity contribution in [3.05, 3.63) is 0 Å². The summed E-state index contributed by atoms with van der Waals surface area (Å²) in [4.78, 5) is 4.13. The molecule has 0 saturated carbocycles. The molecule has 0 heterocycles. The first-order chi connectivity index (χ1) is 6.61. The molecule has 4 nitrogen and oxygen atoms in total. The minimum Gasteiger partial charge on any atom is -0.395 e. The number of hydrogen-bond donors (Lipinski definition) is 1. The second-order valence-electron chi connectivity index (χ2n) is 3.77. The number of aliphatic hydroxyl groups excluding tert-OH is 1. The fraction of sp³-hybridized carbons (Fsp3) is 1.00. The van der Waals surface area contributed by atoms with E-state index < -0.39 is 0 Å². The maximum Gasteiger partial charge on any atom is 0.122 e. The largest absolute Gasteiger partial charge is 0.395 e. The van der Waals surface area contributed by atoms with Crippen molar-refractivity contribution >= 4 is 0 Å². The molecule has 0 rings (SSSR count). The Kier molecular flexibility index (Phi) is 8.08. The van der Waals surface area contributed by atoms with Crippen LogP contribution in [0.1, 0.15) is 13.3 Å². The lowest BCUT2D eigenvalue weighted by molar-refractivity contribution is -0.0522. The Morgan fingerprint density at radius 2 is 1.93 bits per heavy atom. The molecule has 0 radical (unpaired) electrons. The standard InChI is InChI=1S/C10H24N2O2/c1-5-8-14-10(11(2)3)9-12(4)6-7-13/h10,13H,5-9H2,1-4H3. The Bertz CT molecular complexity index is 131. The predicted molar refractivity (Wildman–Crippen MR) is 58.3 cm³/mol. The van der Waals surface area contributed by atoms with E-state index in [0.717, 1.165) is 19.6 Å². The summed E-state index contributed by atoms with van der Waals surface area (Å²) >= 11 is 0. The number of nitrogens with zero attached hydrogens (tertiary/aromatic N) is 2. The molecule has 0 aliphatic carbocycles. The number of likely N-dealkylation sites (N-methyl/N-ethyl adjacent to an activating group) is 2. The van der Waals surface area contributed by atoms with Crippen LogP contribution >= 0.6 is 0 Å². The number of rotatable bonds is 8. The van der Waals surface area contributed by atoms with Gasteiger partial charge in [0, 0.05) is 19.7 Å². The molecule has 0 aromatic rings. The molecule has 4 heteroatoms. The Morgan fingerprint density at radius 3 is 2.36 bits per heavy atom. The fourth-order valence-electron chi connectivity index (χ4n) is 1.15. The van der Waals surface area contributed by atoms with Crippen LogP contribution in [0, 0.1) is 0 Å². The molecule has 0 aliphatic heterocycles. The molecule has 86 valence electrons. The summed E-state index contributed by atoms with van der Waals surface area (Å²) in [6.07, 6.45) is 1.15. The summed E-state index contributed by atoms with van der Waals surface area (Å²) in [6.45, 7) is 4.61. The molecule has 0 fully saturated rings. The normalized spacial score (nSPS) is 13.9. The van der Waals surface area contributed by atoms with Crippen molar-refractivity contribution in [3.8, 4) is 0 Å².